The van der Waals surface area contributed by atoms with Crippen molar-refractivity contribution in [1.82, 2.24) is 9.97 Å². The van der Waals surface area contributed by atoms with Gasteiger partial charge in [0.1, 0.15) is 16.7 Å². The monoisotopic (exact) mass is 237 g/mol. The summed E-state index contributed by atoms with van der Waals surface area (Å²) in [5.74, 6) is 3.98. The van der Waals surface area contributed by atoms with Crippen molar-refractivity contribution in [3.05, 3.63) is 11.9 Å². The zero-order chi connectivity index (χ0) is 11.5. The van der Waals surface area contributed by atoms with E-state index in [9.17, 15) is 0 Å². The molecule has 0 aromatic carbocycles. The van der Waals surface area contributed by atoms with Crippen LogP contribution in [0, 0.1) is 5.92 Å². The van der Waals surface area contributed by atoms with Crippen LogP contribution in [0.4, 0.5) is 5.82 Å². The molecule has 0 saturated heterocycles. The van der Waals surface area contributed by atoms with Gasteiger partial charge in [0, 0.05) is 17.7 Å². The molecule has 1 saturated carbocycles. The molecule has 0 amide bonds. The van der Waals surface area contributed by atoms with E-state index in [0.717, 1.165) is 22.5 Å². The summed E-state index contributed by atoms with van der Waals surface area (Å²) in [5, 5.41) is 1.04. The standard InChI is InChI=1S/C12H19N3S/c1-3-8(2)7-16-11-6-10(13)14-12(15-11)9-4-5-9/h6,8-9H,3-5,7H2,1-2H3,(H2,13,14,15). The van der Waals surface area contributed by atoms with Crippen molar-refractivity contribution in [3.63, 3.8) is 0 Å². The average molecular weight is 237 g/mol. The molecule has 1 aliphatic carbocycles. The first-order valence-corrected chi connectivity index (χ1v) is 6.94. The lowest BCUT2D eigenvalue weighted by molar-refractivity contribution is 0.636. The Labute approximate surface area is 101 Å². The van der Waals surface area contributed by atoms with Gasteiger partial charge in [-0.05, 0) is 18.8 Å². The summed E-state index contributed by atoms with van der Waals surface area (Å²) >= 11 is 1.80. The van der Waals surface area contributed by atoms with E-state index >= 15 is 0 Å². The van der Waals surface area contributed by atoms with E-state index in [1.54, 1.807) is 11.8 Å². The number of nitrogens with two attached hydrogens (primary N) is 1. The number of hydrogen-bond acceptors (Lipinski definition) is 4. The van der Waals surface area contributed by atoms with Gasteiger partial charge in [-0.1, -0.05) is 20.3 Å². The van der Waals surface area contributed by atoms with Crippen LogP contribution in [0.15, 0.2) is 11.1 Å². The van der Waals surface area contributed by atoms with Crippen LogP contribution >= 0.6 is 11.8 Å². The second-order valence-electron chi connectivity index (χ2n) is 4.59. The minimum atomic E-state index is 0.575. The molecule has 4 heteroatoms. The Hall–Kier alpha value is -0.770. The Balaban J connectivity index is 2.02. The highest BCUT2D eigenvalue weighted by molar-refractivity contribution is 7.99. The Morgan fingerprint density at radius 1 is 1.50 bits per heavy atom. The third-order valence-electron chi connectivity index (χ3n) is 2.89. The van der Waals surface area contributed by atoms with Gasteiger partial charge < -0.3 is 5.73 Å². The van der Waals surface area contributed by atoms with E-state index in [4.69, 9.17) is 5.73 Å². The van der Waals surface area contributed by atoms with Crippen molar-refractivity contribution in [2.75, 3.05) is 11.5 Å². The van der Waals surface area contributed by atoms with Crippen molar-refractivity contribution in [2.24, 2.45) is 5.92 Å². The summed E-state index contributed by atoms with van der Waals surface area (Å²) in [7, 11) is 0. The molecule has 0 spiro atoms. The Morgan fingerprint density at radius 3 is 2.88 bits per heavy atom. The first-order chi connectivity index (χ1) is 7.69. The first kappa shape index (κ1) is 11.7. The van der Waals surface area contributed by atoms with Crippen LogP contribution in [0.1, 0.15) is 44.9 Å². The molecular weight excluding hydrogens is 218 g/mol. The SMILES string of the molecule is CCC(C)CSc1cc(N)nc(C2CC2)n1. The van der Waals surface area contributed by atoms with Crippen LogP contribution in [0.3, 0.4) is 0 Å². The maximum Gasteiger partial charge on any atom is 0.135 e. The average Bonchev–Trinajstić information content (AvgIpc) is 3.09. The van der Waals surface area contributed by atoms with Crippen LogP contribution in [0.25, 0.3) is 0 Å². The Bertz CT molecular complexity index is 363. The molecule has 1 unspecified atom stereocenters. The van der Waals surface area contributed by atoms with E-state index in [-0.39, 0.29) is 0 Å². The fourth-order valence-electron chi connectivity index (χ4n) is 1.40. The number of nitrogen functional groups attached to an aromatic ring is 1. The molecule has 1 aromatic rings. The number of nitrogens with zero attached hydrogens (tertiary/aromatic N) is 2. The van der Waals surface area contributed by atoms with Crippen molar-refractivity contribution >= 4 is 17.6 Å². The Morgan fingerprint density at radius 2 is 2.25 bits per heavy atom. The quantitative estimate of drug-likeness (QED) is 0.631. The third-order valence-corrected chi connectivity index (χ3v) is 4.14. The second kappa shape index (κ2) is 5.04. The largest absolute Gasteiger partial charge is 0.384 e. The van der Waals surface area contributed by atoms with Crippen LogP contribution in [0.2, 0.25) is 0 Å². The van der Waals surface area contributed by atoms with Gasteiger partial charge in [-0.2, -0.15) is 0 Å². The number of rotatable bonds is 5. The first-order valence-electron chi connectivity index (χ1n) is 5.96. The van der Waals surface area contributed by atoms with Crippen LogP contribution in [-0.4, -0.2) is 15.7 Å². The fourth-order valence-corrected chi connectivity index (χ4v) is 2.46. The van der Waals surface area contributed by atoms with Gasteiger partial charge in [-0.15, -0.1) is 11.8 Å². The molecule has 1 fully saturated rings. The molecule has 0 bridgehead atoms. The zero-order valence-corrected chi connectivity index (χ0v) is 10.8. The van der Waals surface area contributed by atoms with E-state index in [2.05, 4.69) is 23.8 Å². The van der Waals surface area contributed by atoms with Gasteiger partial charge in [-0.25, -0.2) is 9.97 Å². The predicted molar refractivity (Wildman–Crippen MR) is 68.6 cm³/mol. The number of hydrogen-bond donors (Lipinski definition) is 1. The number of aromatic nitrogens is 2. The maximum atomic E-state index is 5.80. The minimum absolute atomic E-state index is 0.575. The summed E-state index contributed by atoms with van der Waals surface area (Å²) in [6, 6.07) is 1.89. The molecule has 3 nitrogen and oxygen atoms in total. The van der Waals surface area contributed by atoms with Gasteiger partial charge in [0.2, 0.25) is 0 Å². The molecule has 1 aliphatic rings. The van der Waals surface area contributed by atoms with Gasteiger partial charge in [-0.3, -0.25) is 0 Å². The molecule has 16 heavy (non-hydrogen) atoms. The molecule has 2 N–H and O–H groups in total. The van der Waals surface area contributed by atoms with Crippen LogP contribution in [0.5, 0.6) is 0 Å². The molecule has 2 rings (SSSR count). The van der Waals surface area contributed by atoms with Gasteiger partial charge in [0.05, 0.1) is 0 Å². The van der Waals surface area contributed by atoms with Crippen LogP contribution < -0.4 is 5.73 Å². The summed E-state index contributed by atoms with van der Waals surface area (Å²) in [6.45, 7) is 4.48. The van der Waals surface area contributed by atoms with Crippen molar-refractivity contribution < 1.29 is 0 Å². The summed E-state index contributed by atoms with van der Waals surface area (Å²) < 4.78 is 0. The van der Waals surface area contributed by atoms with E-state index < -0.39 is 0 Å². The number of thioether (sulfide) groups is 1. The lowest BCUT2D eigenvalue weighted by Gasteiger charge is -2.08. The van der Waals surface area contributed by atoms with Gasteiger partial charge in [0.15, 0.2) is 0 Å². The molecule has 1 atom stereocenters. The van der Waals surface area contributed by atoms with Gasteiger partial charge >= 0.3 is 0 Å². The van der Waals surface area contributed by atoms with Gasteiger partial charge in [0.25, 0.3) is 0 Å². The van der Waals surface area contributed by atoms with Crippen molar-refractivity contribution in [3.8, 4) is 0 Å². The highest BCUT2D eigenvalue weighted by atomic mass is 32.2. The molecule has 0 aliphatic heterocycles. The molecule has 0 radical (unpaired) electrons. The maximum absolute atomic E-state index is 5.80. The molecule has 1 aromatic heterocycles. The zero-order valence-electron chi connectivity index (χ0n) is 9.94. The van der Waals surface area contributed by atoms with Crippen LogP contribution in [-0.2, 0) is 0 Å². The molecule has 1 heterocycles. The fraction of sp³-hybridized carbons (Fsp3) is 0.667. The molecule has 88 valence electrons. The highest BCUT2D eigenvalue weighted by Gasteiger charge is 2.27. The predicted octanol–water partition coefficient (Wildman–Crippen LogP) is 3.07. The molecular formula is C12H19N3S. The summed E-state index contributed by atoms with van der Waals surface area (Å²) in [4.78, 5) is 8.87. The smallest absolute Gasteiger partial charge is 0.135 e. The topological polar surface area (TPSA) is 51.8 Å². The highest BCUT2D eigenvalue weighted by Crippen LogP contribution is 2.39. The van der Waals surface area contributed by atoms with E-state index in [0.29, 0.717) is 11.7 Å². The van der Waals surface area contributed by atoms with Crippen molar-refractivity contribution in [2.45, 2.75) is 44.1 Å². The minimum Gasteiger partial charge on any atom is -0.384 e. The number of anilines is 1. The normalized spacial score (nSPS) is 17.4. The lowest BCUT2D eigenvalue weighted by atomic mass is 10.2. The van der Waals surface area contributed by atoms with Crippen molar-refractivity contribution in [1.29, 1.82) is 0 Å². The van der Waals surface area contributed by atoms with E-state index in [1.807, 2.05) is 6.07 Å². The second-order valence-corrected chi connectivity index (χ2v) is 5.63. The summed E-state index contributed by atoms with van der Waals surface area (Å²) in [6.07, 6.45) is 3.65. The third kappa shape index (κ3) is 3.11. The summed E-state index contributed by atoms with van der Waals surface area (Å²) in [5.41, 5.74) is 5.80. The Kier molecular flexibility index (Phi) is 3.69. The van der Waals surface area contributed by atoms with E-state index in [1.165, 1.54) is 19.3 Å². The lowest BCUT2D eigenvalue weighted by Crippen LogP contribution is -2.01.